The predicted octanol–water partition coefficient (Wildman–Crippen LogP) is 1.85. The predicted molar refractivity (Wildman–Crippen MR) is 64.1 cm³/mol. The number of aromatic nitrogens is 3. The summed E-state index contributed by atoms with van der Waals surface area (Å²) in [6.45, 7) is 1.73. The van der Waals surface area contributed by atoms with Crippen molar-refractivity contribution in [2.75, 3.05) is 0 Å². The van der Waals surface area contributed by atoms with Crippen LogP contribution in [-0.2, 0) is 6.42 Å². The topological polar surface area (TPSA) is 53.8 Å². The lowest BCUT2D eigenvalue weighted by molar-refractivity contribution is 0.192. The summed E-state index contributed by atoms with van der Waals surface area (Å²) in [6, 6.07) is 9.74. The number of hydrogen-bond donors (Lipinski definition) is 2. The van der Waals surface area contributed by atoms with Crippen molar-refractivity contribution < 1.29 is 5.11 Å². The maximum absolute atomic E-state index is 9.39. The second kappa shape index (κ2) is 4.59. The van der Waals surface area contributed by atoms with E-state index in [1.54, 1.807) is 6.92 Å². The number of aliphatic hydroxyl groups is 1. The number of nitrogens with one attached hydrogen (secondary N) is 1. The molecule has 1 aromatic carbocycles. The highest BCUT2D eigenvalue weighted by atomic mass is 32.1. The zero-order valence-electron chi connectivity index (χ0n) is 8.92. The van der Waals surface area contributed by atoms with E-state index in [-0.39, 0.29) is 0 Å². The smallest absolute Gasteiger partial charge is 0.199 e. The van der Waals surface area contributed by atoms with Crippen LogP contribution in [0.1, 0.15) is 12.7 Å². The van der Waals surface area contributed by atoms with Crippen LogP contribution in [0.3, 0.4) is 0 Å². The Bertz CT molecular complexity index is 516. The molecule has 0 aliphatic heterocycles. The molecule has 0 fully saturated rings. The van der Waals surface area contributed by atoms with Crippen LogP contribution in [0.5, 0.6) is 0 Å². The van der Waals surface area contributed by atoms with Gasteiger partial charge in [-0.2, -0.15) is 5.10 Å². The van der Waals surface area contributed by atoms with Gasteiger partial charge in [0.2, 0.25) is 0 Å². The maximum Gasteiger partial charge on any atom is 0.199 e. The molecule has 0 radical (unpaired) electrons. The van der Waals surface area contributed by atoms with Crippen LogP contribution in [0.25, 0.3) is 5.69 Å². The number of aliphatic hydroxyl groups excluding tert-OH is 1. The lowest BCUT2D eigenvalue weighted by Crippen LogP contribution is -2.10. The van der Waals surface area contributed by atoms with E-state index in [4.69, 9.17) is 12.2 Å². The maximum atomic E-state index is 9.39. The molecule has 0 aliphatic rings. The first-order valence-corrected chi connectivity index (χ1v) is 5.49. The molecule has 1 unspecified atom stereocenters. The summed E-state index contributed by atoms with van der Waals surface area (Å²) in [6.07, 6.45) is 0.0369. The van der Waals surface area contributed by atoms with Gasteiger partial charge in [0.05, 0.1) is 6.10 Å². The Labute approximate surface area is 98.6 Å². The average molecular weight is 235 g/mol. The Kier molecular flexibility index (Phi) is 3.17. The second-order valence-electron chi connectivity index (χ2n) is 3.67. The summed E-state index contributed by atoms with van der Waals surface area (Å²) < 4.78 is 2.38. The van der Waals surface area contributed by atoms with Gasteiger partial charge in [-0.15, -0.1) is 0 Å². The van der Waals surface area contributed by atoms with Gasteiger partial charge < -0.3 is 5.11 Å². The molecule has 0 amide bonds. The Morgan fingerprint density at radius 3 is 2.75 bits per heavy atom. The summed E-state index contributed by atoms with van der Waals surface area (Å²) >= 11 is 5.17. The third-order valence-electron chi connectivity index (χ3n) is 2.23. The normalized spacial score (nSPS) is 12.6. The number of rotatable bonds is 3. The van der Waals surface area contributed by atoms with Crippen molar-refractivity contribution >= 4 is 12.2 Å². The van der Waals surface area contributed by atoms with Crippen molar-refractivity contribution in [2.45, 2.75) is 19.4 Å². The lowest BCUT2D eigenvalue weighted by Gasteiger charge is -2.07. The molecule has 0 aliphatic carbocycles. The van der Waals surface area contributed by atoms with E-state index in [2.05, 4.69) is 10.2 Å². The number of H-pyrrole nitrogens is 1. The highest BCUT2D eigenvalue weighted by Crippen LogP contribution is 2.11. The number of nitrogens with zero attached hydrogens (tertiary/aromatic N) is 2. The molecule has 16 heavy (non-hydrogen) atoms. The number of hydrogen-bond acceptors (Lipinski definition) is 3. The van der Waals surface area contributed by atoms with Gasteiger partial charge in [0.25, 0.3) is 0 Å². The van der Waals surface area contributed by atoms with Gasteiger partial charge in [-0.05, 0) is 31.3 Å². The second-order valence-corrected chi connectivity index (χ2v) is 4.06. The SMILES string of the molecule is CC(O)Cc1n[nH]c(=S)n1-c1ccccc1. The van der Waals surface area contributed by atoms with Gasteiger partial charge in [-0.25, -0.2) is 0 Å². The monoisotopic (exact) mass is 235 g/mol. The van der Waals surface area contributed by atoms with Gasteiger partial charge in [0, 0.05) is 12.1 Å². The molecule has 4 nitrogen and oxygen atoms in total. The minimum absolute atomic E-state index is 0.437. The molecule has 1 atom stereocenters. The molecule has 2 rings (SSSR count). The van der Waals surface area contributed by atoms with Crippen LogP contribution in [0, 0.1) is 4.77 Å². The molecular weight excluding hydrogens is 222 g/mol. The Morgan fingerprint density at radius 2 is 2.12 bits per heavy atom. The third kappa shape index (κ3) is 2.20. The Morgan fingerprint density at radius 1 is 1.44 bits per heavy atom. The molecule has 1 heterocycles. The van der Waals surface area contributed by atoms with E-state index >= 15 is 0 Å². The highest BCUT2D eigenvalue weighted by molar-refractivity contribution is 7.71. The quantitative estimate of drug-likeness (QED) is 0.798. The number of benzene rings is 1. The summed E-state index contributed by atoms with van der Waals surface area (Å²) in [4.78, 5) is 0. The molecule has 5 heteroatoms. The first-order chi connectivity index (χ1) is 7.68. The molecule has 0 bridgehead atoms. The van der Waals surface area contributed by atoms with Crippen molar-refractivity contribution in [1.82, 2.24) is 14.8 Å². The van der Waals surface area contributed by atoms with Crippen molar-refractivity contribution in [1.29, 1.82) is 0 Å². The number of para-hydroxylation sites is 1. The van der Waals surface area contributed by atoms with Crippen LogP contribution in [0.2, 0.25) is 0 Å². The molecular formula is C11H13N3OS. The van der Waals surface area contributed by atoms with Gasteiger partial charge in [0.1, 0.15) is 5.82 Å². The Balaban J connectivity index is 2.48. The zero-order valence-corrected chi connectivity index (χ0v) is 9.74. The summed E-state index contributed by atoms with van der Waals surface area (Å²) in [5.41, 5.74) is 0.955. The number of aromatic amines is 1. The molecule has 2 aromatic rings. The first-order valence-electron chi connectivity index (χ1n) is 5.08. The zero-order chi connectivity index (χ0) is 11.5. The fraction of sp³-hybridized carbons (Fsp3) is 0.273. The summed E-state index contributed by atoms with van der Waals surface area (Å²) in [5, 5.41) is 16.2. The largest absolute Gasteiger partial charge is 0.393 e. The van der Waals surface area contributed by atoms with Crippen LogP contribution >= 0.6 is 12.2 Å². The van der Waals surface area contributed by atoms with Gasteiger partial charge in [-0.3, -0.25) is 9.67 Å². The van der Waals surface area contributed by atoms with E-state index in [1.165, 1.54) is 0 Å². The standard InChI is InChI=1S/C11H13N3OS/c1-8(15)7-10-12-13-11(16)14(10)9-5-3-2-4-6-9/h2-6,8,15H,7H2,1H3,(H,13,16). The molecule has 0 spiro atoms. The summed E-state index contributed by atoms with van der Waals surface area (Å²) in [5.74, 6) is 0.742. The van der Waals surface area contributed by atoms with Crippen LogP contribution in [-0.4, -0.2) is 26.0 Å². The third-order valence-corrected chi connectivity index (χ3v) is 2.51. The van der Waals surface area contributed by atoms with Crippen molar-refractivity contribution in [3.63, 3.8) is 0 Å². The van der Waals surface area contributed by atoms with E-state index in [0.717, 1.165) is 11.5 Å². The van der Waals surface area contributed by atoms with Crippen LogP contribution in [0.15, 0.2) is 30.3 Å². The molecule has 0 saturated carbocycles. The summed E-state index contributed by atoms with van der Waals surface area (Å²) in [7, 11) is 0. The highest BCUT2D eigenvalue weighted by Gasteiger charge is 2.09. The molecule has 1 aromatic heterocycles. The van der Waals surface area contributed by atoms with Crippen molar-refractivity contribution in [3.05, 3.63) is 40.9 Å². The minimum atomic E-state index is -0.437. The van der Waals surface area contributed by atoms with Crippen LogP contribution in [0.4, 0.5) is 0 Å². The van der Waals surface area contributed by atoms with E-state index in [1.807, 2.05) is 34.9 Å². The van der Waals surface area contributed by atoms with Crippen LogP contribution < -0.4 is 0 Å². The van der Waals surface area contributed by atoms with E-state index < -0.39 is 6.10 Å². The van der Waals surface area contributed by atoms with E-state index in [0.29, 0.717) is 11.2 Å². The van der Waals surface area contributed by atoms with Gasteiger partial charge in [-0.1, -0.05) is 18.2 Å². The van der Waals surface area contributed by atoms with Gasteiger partial charge in [0.15, 0.2) is 4.77 Å². The van der Waals surface area contributed by atoms with Crippen molar-refractivity contribution in [2.24, 2.45) is 0 Å². The fourth-order valence-corrected chi connectivity index (χ4v) is 1.83. The van der Waals surface area contributed by atoms with Crippen molar-refractivity contribution in [3.8, 4) is 5.69 Å². The first kappa shape index (κ1) is 11.0. The van der Waals surface area contributed by atoms with E-state index in [9.17, 15) is 5.11 Å². The molecule has 0 saturated heterocycles. The minimum Gasteiger partial charge on any atom is -0.393 e. The molecule has 84 valence electrons. The average Bonchev–Trinajstić information content (AvgIpc) is 2.60. The Hall–Kier alpha value is -1.46. The van der Waals surface area contributed by atoms with Gasteiger partial charge >= 0.3 is 0 Å². The fourth-order valence-electron chi connectivity index (χ4n) is 1.57. The lowest BCUT2D eigenvalue weighted by atomic mass is 10.2. The molecule has 2 N–H and O–H groups in total.